The molecule has 0 saturated carbocycles. The van der Waals surface area contributed by atoms with Gasteiger partial charge in [-0.2, -0.15) is 0 Å². The zero-order valence-electron chi connectivity index (χ0n) is 15.9. The Hall–Kier alpha value is -2.86. The van der Waals surface area contributed by atoms with Crippen molar-refractivity contribution in [2.24, 2.45) is 5.92 Å². The maximum atomic E-state index is 12.8. The van der Waals surface area contributed by atoms with Crippen LogP contribution in [0.15, 0.2) is 54.6 Å². The Labute approximate surface area is 164 Å². The smallest absolute Gasteiger partial charge is 0.410 e. The lowest BCUT2D eigenvalue weighted by Crippen LogP contribution is -2.43. The highest BCUT2D eigenvalue weighted by Crippen LogP contribution is 2.35. The molecule has 1 saturated heterocycles. The normalized spacial score (nSPS) is 19.2. The first kappa shape index (κ1) is 19.9. The van der Waals surface area contributed by atoms with Crippen LogP contribution in [0.25, 0.3) is 0 Å². The van der Waals surface area contributed by atoms with E-state index in [4.69, 9.17) is 9.47 Å². The second kappa shape index (κ2) is 9.37. The summed E-state index contributed by atoms with van der Waals surface area (Å²) in [6.45, 7) is 1.00. The van der Waals surface area contributed by atoms with Crippen molar-refractivity contribution in [2.45, 2.75) is 32.1 Å². The molecule has 2 aromatic rings. The maximum absolute atomic E-state index is 12.8. The Morgan fingerprint density at radius 3 is 2.54 bits per heavy atom. The van der Waals surface area contributed by atoms with E-state index in [-0.39, 0.29) is 12.6 Å². The summed E-state index contributed by atoms with van der Waals surface area (Å²) in [5.74, 6) is -1.30. The predicted molar refractivity (Wildman–Crippen MR) is 104 cm³/mol. The van der Waals surface area contributed by atoms with E-state index in [9.17, 15) is 14.7 Å². The van der Waals surface area contributed by atoms with Crippen molar-refractivity contribution in [3.8, 4) is 0 Å². The summed E-state index contributed by atoms with van der Waals surface area (Å²) in [7, 11) is 1.63. The van der Waals surface area contributed by atoms with Gasteiger partial charge in [0.25, 0.3) is 0 Å². The first-order valence-electron chi connectivity index (χ1n) is 9.36. The molecule has 0 spiro atoms. The van der Waals surface area contributed by atoms with Gasteiger partial charge in [-0.3, -0.25) is 4.79 Å². The van der Waals surface area contributed by atoms with Gasteiger partial charge in [0.1, 0.15) is 6.61 Å². The van der Waals surface area contributed by atoms with Gasteiger partial charge in [-0.15, -0.1) is 0 Å². The number of benzene rings is 2. The van der Waals surface area contributed by atoms with Crippen molar-refractivity contribution in [3.63, 3.8) is 0 Å². The van der Waals surface area contributed by atoms with Crippen LogP contribution >= 0.6 is 0 Å². The quantitative estimate of drug-likeness (QED) is 0.816. The lowest BCUT2D eigenvalue weighted by atomic mass is 9.87. The molecule has 1 fully saturated rings. The number of carbonyl (C=O) groups is 2. The average molecular weight is 383 g/mol. The maximum Gasteiger partial charge on any atom is 0.410 e. The van der Waals surface area contributed by atoms with E-state index >= 15 is 0 Å². The van der Waals surface area contributed by atoms with Crippen molar-refractivity contribution in [1.82, 2.24) is 4.90 Å². The van der Waals surface area contributed by atoms with Crippen LogP contribution in [0.3, 0.4) is 0 Å². The fourth-order valence-corrected chi connectivity index (χ4v) is 3.58. The Bertz CT molecular complexity index is 808. The van der Waals surface area contributed by atoms with E-state index in [2.05, 4.69) is 0 Å². The minimum absolute atomic E-state index is 0.189. The number of carboxylic acid groups (broad SMARTS) is 1. The van der Waals surface area contributed by atoms with Crippen molar-refractivity contribution < 1.29 is 24.2 Å². The van der Waals surface area contributed by atoms with Gasteiger partial charge in [0.15, 0.2) is 0 Å². The van der Waals surface area contributed by atoms with Gasteiger partial charge in [-0.25, -0.2) is 4.79 Å². The van der Waals surface area contributed by atoms with Gasteiger partial charge in [0.2, 0.25) is 0 Å². The molecule has 1 aliphatic heterocycles. The third kappa shape index (κ3) is 4.89. The number of carbonyl (C=O) groups excluding carboxylic acids is 1. The van der Waals surface area contributed by atoms with E-state index in [1.54, 1.807) is 12.0 Å². The van der Waals surface area contributed by atoms with E-state index in [0.717, 1.165) is 16.7 Å². The van der Waals surface area contributed by atoms with Crippen molar-refractivity contribution in [2.75, 3.05) is 13.7 Å². The molecule has 1 amide bonds. The minimum Gasteiger partial charge on any atom is -0.481 e. The molecule has 2 atom stereocenters. The van der Waals surface area contributed by atoms with Gasteiger partial charge in [-0.05, 0) is 29.5 Å². The number of ether oxygens (including phenoxy) is 2. The van der Waals surface area contributed by atoms with Crippen molar-refractivity contribution >= 4 is 12.1 Å². The second-order valence-corrected chi connectivity index (χ2v) is 6.99. The summed E-state index contributed by atoms with van der Waals surface area (Å²) in [5.41, 5.74) is 2.79. The van der Waals surface area contributed by atoms with Gasteiger partial charge < -0.3 is 19.5 Å². The SMILES string of the molecule is COCc1cccc(C2CC(C(=O)O)CCN2C(=O)OCc2ccccc2)c1. The molecule has 28 heavy (non-hydrogen) atoms. The predicted octanol–water partition coefficient (Wildman–Crippen LogP) is 4.01. The highest BCUT2D eigenvalue weighted by molar-refractivity contribution is 5.72. The highest BCUT2D eigenvalue weighted by Gasteiger charge is 2.36. The van der Waals surface area contributed by atoms with E-state index < -0.39 is 18.0 Å². The standard InChI is InChI=1S/C22H25NO5/c1-27-14-17-8-5-9-18(12-17)20-13-19(21(24)25)10-11-23(20)22(26)28-15-16-6-3-2-4-7-16/h2-9,12,19-20H,10-11,13-15H2,1H3,(H,24,25). The molecule has 1 aliphatic rings. The van der Waals surface area contributed by atoms with Crippen molar-refractivity contribution in [3.05, 3.63) is 71.3 Å². The number of carboxylic acids is 1. The molecule has 1 N–H and O–H groups in total. The molecular formula is C22H25NO5. The number of hydrogen-bond acceptors (Lipinski definition) is 4. The molecule has 2 unspecified atom stereocenters. The summed E-state index contributed by atoms with van der Waals surface area (Å²) in [5, 5.41) is 9.46. The summed E-state index contributed by atoms with van der Waals surface area (Å²) in [4.78, 5) is 26.0. The summed E-state index contributed by atoms with van der Waals surface area (Å²) in [6.07, 6.45) is 0.366. The number of nitrogens with zero attached hydrogens (tertiary/aromatic N) is 1. The molecule has 148 valence electrons. The van der Waals surface area contributed by atoms with Crippen LogP contribution in [0.1, 0.15) is 35.6 Å². The Kier molecular flexibility index (Phi) is 6.66. The van der Waals surface area contributed by atoms with Crippen LogP contribution in [0.5, 0.6) is 0 Å². The van der Waals surface area contributed by atoms with Crippen LogP contribution in [-0.2, 0) is 27.5 Å². The number of methoxy groups -OCH3 is 1. The molecule has 2 aromatic carbocycles. The van der Waals surface area contributed by atoms with Gasteiger partial charge in [0.05, 0.1) is 18.6 Å². The summed E-state index contributed by atoms with van der Waals surface area (Å²) in [6, 6.07) is 16.9. The largest absolute Gasteiger partial charge is 0.481 e. The minimum atomic E-state index is -0.824. The van der Waals surface area contributed by atoms with E-state index in [1.807, 2.05) is 54.6 Å². The molecule has 3 rings (SSSR count). The molecular weight excluding hydrogens is 358 g/mol. The summed E-state index contributed by atoms with van der Waals surface area (Å²) < 4.78 is 10.7. The monoisotopic (exact) mass is 383 g/mol. The molecule has 6 heteroatoms. The van der Waals surface area contributed by atoms with Gasteiger partial charge >= 0.3 is 12.1 Å². The fourth-order valence-electron chi connectivity index (χ4n) is 3.58. The molecule has 6 nitrogen and oxygen atoms in total. The van der Waals surface area contributed by atoms with Gasteiger partial charge in [0, 0.05) is 13.7 Å². The van der Waals surface area contributed by atoms with Crippen LogP contribution < -0.4 is 0 Å². The molecule has 0 bridgehead atoms. The Morgan fingerprint density at radius 2 is 1.82 bits per heavy atom. The summed E-state index contributed by atoms with van der Waals surface area (Å²) >= 11 is 0. The first-order valence-corrected chi connectivity index (χ1v) is 9.36. The Morgan fingerprint density at radius 1 is 1.07 bits per heavy atom. The number of piperidine rings is 1. The van der Waals surface area contributed by atoms with Crippen LogP contribution in [0.4, 0.5) is 4.79 Å². The molecule has 0 aromatic heterocycles. The third-order valence-corrected chi connectivity index (χ3v) is 5.04. The van der Waals surface area contributed by atoms with E-state index in [0.29, 0.717) is 26.0 Å². The number of hydrogen-bond donors (Lipinski definition) is 1. The second-order valence-electron chi connectivity index (χ2n) is 6.99. The topological polar surface area (TPSA) is 76.1 Å². The Balaban J connectivity index is 1.78. The first-order chi connectivity index (χ1) is 13.6. The van der Waals surface area contributed by atoms with Crippen LogP contribution in [0, 0.1) is 5.92 Å². The highest BCUT2D eigenvalue weighted by atomic mass is 16.6. The van der Waals surface area contributed by atoms with Crippen LogP contribution in [0.2, 0.25) is 0 Å². The van der Waals surface area contributed by atoms with E-state index in [1.165, 1.54) is 0 Å². The van der Waals surface area contributed by atoms with Crippen molar-refractivity contribution in [1.29, 1.82) is 0 Å². The molecule has 0 radical (unpaired) electrons. The average Bonchev–Trinajstić information content (AvgIpc) is 2.72. The lowest BCUT2D eigenvalue weighted by molar-refractivity contribution is -0.144. The third-order valence-electron chi connectivity index (χ3n) is 5.04. The van der Waals surface area contributed by atoms with Gasteiger partial charge in [-0.1, -0.05) is 54.6 Å². The van der Waals surface area contributed by atoms with Crippen LogP contribution in [-0.4, -0.2) is 35.7 Å². The fraction of sp³-hybridized carbons (Fsp3) is 0.364. The molecule has 1 heterocycles. The zero-order chi connectivity index (χ0) is 19.9. The number of likely N-dealkylation sites (tertiary alicyclic amines) is 1. The lowest BCUT2D eigenvalue weighted by Gasteiger charge is -2.38. The zero-order valence-corrected chi connectivity index (χ0v) is 15.9. The molecule has 0 aliphatic carbocycles. The number of aliphatic carboxylic acids is 1. The number of rotatable bonds is 6. The number of amides is 1.